The number of anilines is 1. The average molecular weight is 338 g/mol. The standard InChI is InChI=1S/C12H19FN2O4S2/c1-8(20(3)16)4-5-15-21(17,18)9-6-10(13)12(19-2)11(14)7-9/h6-8,15H,4-5,14H2,1-3H3. The molecule has 0 aliphatic rings. The van der Waals surface area contributed by atoms with Crippen LogP contribution in [0.25, 0.3) is 0 Å². The van der Waals surface area contributed by atoms with Crippen molar-refractivity contribution in [2.24, 2.45) is 0 Å². The molecular formula is C12H19FN2O4S2. The summed E-state index contributed by atoms with van der Waals surface area (Å²) >= 11 is 0. The molecule has 21 heavy (non-hydrogen) atoms. The van der Waals surface area contributed by atoms with Crippen molar-refractivity contribution in [2.75, 3.05) is 25.6 Å². The lowest BCUT2D eigenvalue weighted by atomic mass is 10.3. The average Bonchev–Trinajstić information content (AvgIpc) is 2.37. The van der Waals surface area contributed by atoms with Gasteiger partial charge in [-0.25, -0.2) is 17.5 Å². The molecule has 0 heterocycles. The van der Waals surface area contributed by atoms with E-state index in [1.54, 1.807) is 13.2 Å². The van der Waals surface area contributed by atoms with Gasteiger partial charge in [-0.2, -0.15) is 0 Å². The highest BCUT2D eigenvalue weighted by atomic mass is 32.2. The summed E-state index contributed by atoms with van der Waals surface area (Å²) in [5.41, 5.74) is 5.45. The Morgan fingerprint density at radius 3 is 2.57 bits per heavy atom. The van der Waals surface area contributed by atoms with Crippen LogP contribution in [0.5, 0.6) is 5.75 Å². The zero-order chi connectivity index (χ0) is 16.2. The minimum Gasteiger partial charge on any atom is -0.492 e. The van der Waals surface area contributed by atoms with Gasteiger partial charge in [0.2, 0.25) is 10.0 Å². The first-order chi connectivity index (χ1) is 9.69. The molecule has 0 radical (unpaired) electrons. The van der Waals surface area contributed by atoms with Crippen molar-refractivity contribution in [3.05, 3.63) is 17.9 Å². The molecule has 0 saturated carbocycles. The van der Waals surface area contributed by atoms with E-state index in [1.165, 1.54) is 7.11 Å². The van der Waals surface area contributed by atoms with E-state index in [1.807, 2.05) is 0 Å². The topological polar surface area (TPSA) is 98.5 Å². The van der Waals surface area contributed by atoms with Crippen molar-refractivity contribution in [1.29, 1.82) is 0 Å². The molecule has 3 N–H and O–H groups in total. The molecule has 9 heteroatoms. The van der Waals surface area contributed by atoms with Crippen LogP contribution in [0.15, 0.2) is 17.0 Å². The van der Waals surface area contributed by atoms with Gasteiger partial charge in [0, 0.05) is 28.9 Å². The van der Waals surface area contributed by atoms with E-state index in [2.05, 4.69) is 4.72 Å². The van der Waals surface area contributed by atoms with Gasteiger partial charge in [-0.15, -0.1) is 0 Å². The predicted molar refractivity (Wildman–Crippen MR) is 80.7 cm³/mol. The van der Waals surface area contributed by atoms with Crippen LogP contribution in [0.4, 0.5) is 10.1 Å². The molecule has 1 rings (SSSR count). The molecule has 2 atom stereocenters. The minimum absolute atomic E-state index is 0.0964. The smallest absolute Gasteiger partial charge is 0.240 e. The Morgan fingerprint density at radius 2 is 2.10 bits per heavy atom. The largest absolute Gasteiger partial charge is 0.492 e. The maximum absolute atomic E-state index is 13.7. The number of hydrogen-bond acceptors (Lipinski definition) is 5. The van der Waals surface area contributed by atoms with E-state index < -0.39 is 26.6 Å². The van der Waals surface area contributed by atoms with Crippen LogP contribution in [-0.4, -0.2) is 37.8 Å². The quantitative estimate of drug-likeness (QED) is 0.718. The molecule has 0 saturated heterocycles. The van der Waals surface area contributed by atoms with Crippen LogP contribution in [0, 0.1) is 5.82 Å². The van der Waals surface area contributed by atoms with Crippen molar-refractivity contribution in [2.45, 2.75) is 23.5 Å². The third-order valence-electron chi connectivity index (χ3n) is 2.97. The predicted octanol–water partition coefficient (Wildman–Crippen LogP) is 0.852. The first kappa shape index (κ1) is 17.9. The maximum Gasteiger partial charge on any atom is 0.240 e. The minimum atomic E-state index is -3.88. The number of benzene rings is 1. The van der Waals surface area contributed by atoms with Crippen LogP contribution in [0.2, 0.25) is 0 Å². The van der Waals surface area contributed by atoms with Gasteiger partial charge in [0.15, 0.2) is 11.6 Å². The Bertz CT molecular complexity index is 611. The molecule has 1 aromatic rings. The summed E-state index contributed by atoms with van der Waals surface area (Å²) < 4.78 is 56.0. The Labute approximate surface area is 126 Å². The monoisotopic (exact) mass is 338 g/mol. The van der Waals surface area contributed by atoms with E-state index >= 15 is 0 Å². The second-order valence-electron chi connectivity index (χ2n) is 4.52. The van der Waals surface area contributed by atoms with Gasteiger partial charge in [0.25, 0.3) is 0 Å². The summed E-state index contributed by atoms with van der Waals surface area (Å²) in [4.78, 5) is -0.274. The second-order valence-corrected chi connectivity index (χ2v) is 8.09. The fourth-order valence-corrected chi connectivity index (χ4v) is 3.15. The fourth-order valence-electron chi connectivity index (χ4n) is 1.61. The zero-order valence-electron chi connectivity index (χ0n) is 12.1. The van der Waals surface area contributed by atoms with E-state index in [9.17, 15) is 17.0 Å². The Morgan fingerprint density at radius 1 is 1.48 bits per heavy atom. The maximum atomic E-state index is 13.7. The van der Waals surface area contributed by atoms with Gasteiger partial charge in [-0.3, -0.25) is 4.21 Å². The van der Waals surface area contributed by atoms with E-state index in [0.29, 0.717) is 6.42 Å². The van der Waals surface area contributed by atoms with Crippen molar-refractivity contribution in [3.63, 3.8) is 0 Å². The summed E-state index contributed by atoms with van der Waals surface area (Å²) in [7, 11) is -3.66. The highest BCUT2D eigenvalue weighted by Gasteiger charge is 2.19. The highest BCUT2D eigenvalue weighted by molar-refractivity contribution is 7.89. The first-order valence-corrected chi connectivity index (χ1v) is 9.24. The van der Waals surface area contributed by atoms with Crippen molar-refractivity contribution < 1.29 is 21.8 Å². The number of rotatable bonds is 7. The van der Waals surface area contributed by atoms with Crippen molar-refractivity contribution in [1.82, 2.24) is 4.72 Å². The number of nitrogen functional groups attached to an aromatic ring is 1. The van der Waals surface area contributed by atoms with Gasteiger partial charge in [0.1, 0.15) is 0 Å². The van der Waals surface area contributed by atoms with Gasteiger partial charge in [-0.1, -0.05) is 6.92 Å². The van der Waals surface area contributed by atoms with E-state index in [-0.39, 0.29) is 28.1 Å². The first-order valence-electron chi connectivity index (χ1n) is 6.14. The molecule has 2 unspecified atom stereocenters. The van der Waals surface area contributed by atoms with Crippen LogP contribution in [0.1, 0.15) is 13.3 Å². The van der Waals surface area contributed by atoms with E-state index in [4.69, 9.17) is 10.5 Å². The lowest BCUT2D eigenvalue weighted by Crippen LogP contribution is -2.28. The number of nitrogens with two attached hydrogens (primary N) is 1. The van der Waals surface area contributed by atoms with Crippen LogP contribution in [-0.2, 0) is 20.8 Å². The molecule has 0 fully saturated rings. The number of hydrogen-bond donors (Lipinski definition) is 2. The molecule has 0 amide bonds. The molecular weight excluding hydrogens is 319 g/mol. The van der Waals surface area contributed by atoms with E-state index in [0.717, 1.165) is 12.1 Å². The summed E-state index contributed by atoms with van der Waals surface area (Å²) in [5, 5.41) is -0.134. The Kier molecular flexibility index (Phi) is 6.11. The molecule has 6 nitrogen and oxygen atoms in total. The molecule has 0 aliphatic heterocycles. The Hall–Kier alpha value is -1.19. The fraction of sp³-hybridized carbons (Fsp3) is 0.500. The number of nitrogens with one attached hydrogen (secondary N) is 1. The lowest BCUT2D eigenvalue weighted by molar-refractivity contribution is 0.388. The normalized spacial score (nSPS) is 14.7. The van der Waals surface area contributed by atoms with Crippen LogP contribution >= 0.6 is 0 Å². The van der Waals surface area contributed by atoms with Crippen molar-refractivity contribution in [3.8, 4) is 5.75 Å². The second kappa shape index (κ2) is 7.19. The third-order valence-corrected chi connectivity index (χ3v) is 5.78. The molecule has 120 valence electrons. The zero-order valence-corrected chi connectivity index (χ0v) is 13.7. The number of ether oxygens (including phenoxy) is 1. The third kappa shape index (κ3) is 4.65. The van der Waals surface area contributed by atoms with Crippen molar-refractivity contribution >= 4 is 26.5 Å². The Balaban J connectivity index is 2.86. The van der Waals surface area contributed by atoms with Gasteiger partial charge < -0.3 is 10.5 Å². The van der Waals surface area contributed by atoms with Crippen LogP contribution in [0.3, 0.4) is 0 Å². The molecule has 1 aromatic carbocycles. The molecule has 0 aliphatic carbocycles. The van der Waals surface area contributed by atoms with Gasteiger partial charge in [0.05, 0.1) is 17.7 Å². The summed E-state index contributed by atoms with van der Waals surface area (Å²) in [5.74, 6) is -1.04. The van der Waals surface area contributed by atoms with Gasteiger partial charge in [-0.05, 0) is 18.6 Å². The number of sulfonamides is 1. The lowest BCUT2D eigenvalue weighted by Gasteiger charge is -2.12. The SMILES string of the molecule is COc1c(N)cc(S(=O)(=O)NCCC(C)S(C)=O)cc1F. The van der Waals surface area contributed by atoms with Gasteiger partial charge >= 0.3 is 0 Å². The molecule has 0 spiro atoms. The summed E-state index contributed by atoms with van der Waals surface area (Å²) in [6, 6.07) is 1.98. The highest BCUT2D eigenvalue weighted by Crippen LogP contribution is 2.28. The number of methoxy groups -OCH3 is 1. The molecule has 0 aromatic heterocycles. The number of halogens is 1. The van der Waals surface area contributed by atoms with Crippen LogP contribution < -0.4 is 15.2 Å². The summed E-state index contributed by atoms with van der Waals surface area (Å²) in [6.07, 6.45) is 1.97. The summed E-state index contributed by atoms with van der Waals surface area (Å²) in [6.45, 7) is 1.87. The molecule has 0 bridgehead atoms.